The molecule has 128 valence electrons. The minimum atomic E-state index is -0.0544. The Labute approximate surface area is 146 Å². The minimum absolute atomic E-state index is 0.0544. The Morgan fingerprint density at radius 3 is 2.92 bits per heavy atom. The van der Waals surface area contributed by atoms with Crippen LogP contribution in [0.3, 0.4) is 0 Å². The zero-order valence-corrected chi connectivity index (χ0v) is 13.8. The largest absolute Gasteiger partial charge is 0.472 e. The lowest BCUT2D eigenvalue weighted by atomic mass is 10.1. The summed E-state index contributed by atoms with van der Waals surface area (Å²) in [4.78, 5) is 14.7. The molecule has 1 aromatic carbocycles. The smallest absolute Gasteiger partial charge is 0.251 e. The SMILES string of the molecule is O=C(NCC1CN(Cc2ccoc2)Cc2ccnn21)c1ccccc1. The minimum Gasteiger partial charge on any atom is -0.472 e. The Bertz CT molecular complexity index is 826. The molecule has 0 saturated heterocycles. The molecule has 25 heavy (non-hydrogen) atoms. The molecule has 0 spiro atoms. The molecule has 6 nitrogen and oxygen atoms in total. The maximum absolute atomic E-state index is 12.3. The van der Waals surface area contributed by atoms with Crippen molar-refractivity contribution in [3.05, 3.63) is 78.0 Å². The molecular formula is C19H20N4O2. The van der Waals surface area contributed by atoms with Gasteiger partial charge in [0, 0.05) is 43.5 Å². The molecule has 3 aromatic rings. The number of nitrogens with zero attached hydrogens (tertiary/aromatic N) is 3. The lowest BCUT2D eigenvalue weighted by molar-refractivity contribution is 0.0932. The van der Waals surface area contributed by atoms with Gasteiger partial charge >= 0.3 is 0 Å². The summed E-state index contributed by atoms with van der Waals surface area (Å²) in [6.07, 6.45) is 5.29. The summed E-state index contributed by atoms with van der Waals surface area (Å²) in [5, 5.41) is 7.47. The lowest BCUT2D eigenvalue weighted by Gasteiger charge is -2.33. The Balaban J connectivity index is 1.44. The van der Waals surface area contributed by atoms with Gasteiger partial charge in [-0.1, -0.05) is 18.2 Å². The van der Waals surface area contributed by atoms with Gasteiger partial charge in [-0.15, -0.1) is 0 Å². The van der Waals surface area contributed by atoms with E-state index in [2.05, 4.69) is 15.3 Å². The molecule has 0 saturated carbocycles. The number of rotatable bonds is 5. The van der Waals surface area contributed by atoms with Crippen LogP contribution in [0.15, 0.2) is 65.6 Å². The van der Waals surface area contributed by atoms with Crippen LogP contribution in [-0.2, 0) is 13.1 Å². The number of carbonyl (C=O) groups excluding carboxylic acids is 1. The van der Waals surface area contributed by atoms with Crippen LogP contribution in [-0.4, -0.2) is 33.7 Å². The average molecular weight is 336 g/mol. The third kappa shape index (κ3) is 3.49. The zero-order chi connectivity index (χ0) is 17.1. The van der Waals surface area contributed by atoms with Crippen molar-refractivity contribution in [2.24, 2.45) is 0 Å². The van der Waals surface area contributed by atoms with E-state index in [1.165, 1.54) is 0 Å². The molecule has 1 atom stereocenters. The number of benzene rings is 1. The third-order valence-electron chi connectivity index (χ3n) is 4.47. The van der Waals surface area contributed by atoms with Crippen molar-refractivity contribution in [1.82, 2.24) is 20.0 Å². The molecule has 0 fully saturated rings. The van der Waals surface area contributed by atoms with E-state index in [9.17, 15) is 4.79 Å². The molecule has 0 bridgehead atoms. The topological polar surface area (TPSA) is 63.3 Å². The van der Waals surface area contributed by atoms with Crippen LogP contribution in [0.4, 0.5) is 0 Å². The molecule has 3 heterocycles. The Kier molecular flexibility index (Phi) is 4.35. The van der Waals surface area contributed by atoms with Gasteiger partial charge in [0.15, 0.2) is 0 Å². The second kappa shape index (κ2) is 6.94. The molecule has 6 heteroatoms. The standard InChI is InChI=1S/C19H20N4O2/c24-19(16-4-2-1-3-5-16)20-10-18-13-22(11-15-7-9-25-14-15)12-17-6-8-21-23(17)18/h1-9,14,18H,10-13H2,(H,20,24). The predicted octanol–water partition coefficient (Wildman–Crippen LogP) is 2.46. The highest BCUT2D eigenvalue weighted by molar-refractivity contribution is 5.94. The molecule has 4 rings (SSSR count). The quantitative estimate of drug-likeness (QED) is 0.777. The van der Waals surface area contributed by atoms with Crippen molar-refractivity contribution in [2.75, 3.05) is 13.1 Å². The number of nitrogens with one attached hydrogen (secondary N) is 1. The molecule has 1 amide bonds. The molecule has 2 aromatic heterocycles. The van der Waals surface area contributed by atoms with Gasteiger partial charge in [-0.05, 0) is 24.3 Å². The Morgan fingerprint density at radius 2 is 2.12 bits per heavy atom. The van der Waals surface area contributed by atoms with Gasteiger partial charge in [-0.3, -0.25) is 14.4 Å². The van der Waals surface area contributed by atoms with E-state index in [0.29, 0.717) is 12.1 Å². The second-order valence-electron chi connectivity index (χ2n) is 6.30. The van der Waals surface area contributed by atoms with E-state index < -0.39 is 0 Å². The maximum atomic E-state index is 12.3. The molecule has 1 aliphatic rings. The molecular weight excluding hydrogens is 316 g/mol. The highest BCUT2D eigenvalue weighted by Gasteiger charge is 2.26. The number of aromatic nitrogens is 2. The van der Waals surface area contributed by atoms with Crippen LogP contribution in [0.25, 0.3) is 0 Å². The average Bonchev–Trinajstić information content (AvgIpc) is 3.32. The Morgan fingerprint density at radius 1 is 1.24 bits per heavy atom. The van der Waals surface area contributed by atoms with E-state index >= 15 is 0 Å². The highest BCUT2D eigenvalue weighted by Crippen LogP contribution is 2.21. The zero-order valence-electron chi connectivity index (χ0n) is 13.8. The predicted molar refractivity (Wildman–Crippen MR) is 92.9 cm³/mol. The van der Waals surface area contributed by atoms with Gasteiger partial charge in [0.2, 0.25) is 0 Å². The monoisotopic (exact) mass is 336 g/mol. The number of carbonyl (C=O) groups is 1. The summed E-state index contributed by atoms with van der Waals surface area (Å²) >= 11 is 0. The fraction of sp³-hybridized carbons (Fsp3) is 0.263. The third-order valence-corrected chi connectivity index (χ3v) is 4.47. The molecule has 1 N–H and O–H groups in total. The summed E-state index contributed by atoms with van der Waals surface area (Å²) < 4.78 is 7.19. The first-order valence-corrected chi connectivity index (χ1v) is 8.38. The molecule has 0 aliphatic carbocycles. The van der Waals surface area contributed by atoms with Crippen LogP contribution >= 0.6 is 0 Å². The number of hydrogen-bond donors (Lipinski definition) is 1. The fourth-order valence-electron chi connectivity index (χ4n) is 3.28. The molecule has 1 unspecified atom stereocenters. The van der Waals surface area contributed by atoms with Crippen LogP contribution in [0.2, 0.25) is 0 Å². The summed E-state index contributed by atoms with van der Waals surface area (Å²) in [6.45, 7) is 3.04. The van der Waals surface area contributed by atoms with Crippen LogP contribution in [0, 0.1) is 0 Å². The first-order chi connectivity index (χ1) is 12.3. The maximum Gasteiger partial charge on any atom is 0.251 e. The van der Waals surface area contributed by atoms with E-state index in [0.717, 1.165) is 30.9 Å². The fourth-order valence-corrected chi connectivity index (χ4v) is 3.28. The number of furan rings is 1. The summed E-state index contributed by atoms with van der Waals surface area (Å²) in [7, 11) is 0. The van der Waals surface area contributed by atoms with Gasteiger partial charge in [0.25, 0.3) is 5.91 Å². The van der Waals surface area contributed by atoms with Crippen LogP contribution in [0.1, 0.15) is 27.7 Å². The molecule has 1 aliphatic heterocycles. The Hall–Kier alpha value is -2.86. The van der Waals surface area contributed by atoms with Crippen molar-refractivity contribution < 1.29 is 9.21 Å². The van der Waals surface area contributed by atoms with E-state index in [4.69, 9.17) is 4.42 Å². The summed E-state index contributed by atoms with van der Waals surface area (Å²) in [5.41, 5.74) is 2.99. The van der Waals surface area contributed by atoms with Crippen LogP contribution < -0.4 is 5.32 Å². The van der Waals surface area contributed by atoms with Gasteiger partial charge in [-0.25, -0.2) is 0 Å². The van der Waals surface area contributed by atoms with Gasteiger partial charge in [0.05, 0.1) is 24.3 Å². The second-order valence-corrected chi connectivity index (χ2v) is 6.30. The first kappa shape index (κ1) is 15.7. The van der Waals surface area contributed by atoms with Crippen molar-refractivity contribution in [3.8, 4) is 0 Å². The van der Waals surface area contributed by atoms with E-state index in [1.54, 1.807) is 12.5 Å². The number of amides is 1. The van der Waals surface area contributed by atoms with E-state index in [1.807, 2.05) is 53.3 Å². The highest BCUT2D eigenvalue weighted by atomic mass is 16.3. The van der Waals surface area contributed by atoms with Crippen molar-refractivity contribution in [1.29, 1.82) is 0 Å². The summed E-state index contributed by atoms with van der Waals surface area (Å²) in [6, 6.07) is 13.4. The van der Waals surface area contributed by atoms with Gasteiger partial charge < -0.3 is 9.73 Å². The van der Waals surface area contributed by atoms with Crippen molar-refractivity contribution in [2.45, 2.75) is 19.1 Å². The van der Waals surface area contributed by atoms with E-state index in [-0.39, 0.29) is 11.9 Å². The van der Waals surface area contributed by atoms with Gasteiger partial charge in [-0.2, -0.15) is 5.10 Å². The lowest BCUT2D eigenvalue weighted by Crippen LogP contribution is -2.42. The summed E-state index contributed by atoms with van der Waals surface area (Å²) in [5.74, 6) is -0.0544. The molecule has 0 radical (unpaired) electrons. The van der Waals surface area contributed by atoms with Crippen LogP contribution in [0.5, 0.6) is 0 Å². The normalized spacial score (nSPS) is 17.2. The van der Waals surface area contributed by atoms with Crippen molar-refractivity contribution in [3.63, 3.8) is 0 Å². The van der Waals surface area contributed by atoms with Gasteiger partial charge in [0.1, 0.15) is 0 Å². The van der Waals surface area contributed by atoms with Crippen molar-refractivity contribution >= 4 is 5.91 Å². The number of fused-ring (bicyclic) bond motifs is 1. The first-order valence-electron chi connectivity index (χ1n) is 8.38. The number of hydrogen-bond acceptors (Lipinski definition) is 4.